The fourth-order valence-corrected chi connectivity index (χ4v) is 3.40. The van der Waals surface area contributed by atoms with Crippen molar-refractivity contribution >= 4 is 29.6 Å². The molecule has 0 spiro atoms. The molecule has 0 aliphatic rings. The standard InChI is InChI=1S/C22H33N9O6/c1-11(2)18(21(35)30-16(22(36)37)6-13-8-26-10-28-13)31-20(34)15(5-12-7-25-9-27-12)29-19(33)14(23)3-4-17(24)32/h7-11,14-16,18H,3-6,23H2,1-2H3,(H2,24,32)(H,25,27)(H,26,28)(H,29,33)(H,30,35)(H,31,34)(H,36,37). The summed E-state index contributed by atoms with van der Waals surface area (Å²) < 4.78 is 0. The van der Waals surface area contributed by atoms with E-state index in [1.165, 1.54) is 25.0 Å². The molecule has 2 aromatic heterocycles. The molecule has 0 fully saturated rings. The highest BCUT2D eigenvalue weighted by Gasteiger charge is 2.32. The first-order chi connectivity index (χ1) is 17.5. The molecule has 4 atom stereocenters. The molecule has 4 unspecified atom stereocenters. The first kappa shape index (κ1) is 29.0. The number of carboxylic acids is 1. The van der Waals surface area contributed by atoms with Crippen LogP contribution < -0.4 is 27.4 Å². The Morgan fingerprint density at radius 3 is 1.89 bits per heavy atom. The quantitative estimate of drug-likeness (QED) is 0.126. The van der Waals surface area contributed by atoms with Crippen molar-refractivity contribution in [3.63, 3.8) is 0 Å². The maximum atomic E-state index is 13.2. The van der Waals surface area contributed by atoms with Gasteiger partial charge in [0.1, 0.15) is 18.1 Å². The normalized spacial score (nSPS) is 14.3. The van der Waals surface area contributed by atoms with E-state index in [2.05, 4.69) is 35.9 Å². The lowest BCUT2D eigenvalue weighted by Crippen LogP contribution is -2.59. The van der Waals surface area contributed by atoms with Gasteiger partial charge in [0.05, 0.1) is 18.7 Å². The lowest BCUT2D eigenvalue weighted by atomic mass is 10.0. The average Bonchev–Trinajstić information content (AvgIpc) is 3.53. The maximum Gasteiger partial charge on any atom is 0.326 e. The van der Waals surface area contributed by atoms with Gasteiger partial charge in [-0.3, -0.25) is 19.2 Å². The Kier molecular flexibility index (Phi) is 10.7. The lowest BCUT2D eigenvalue weighted by Gasteiger charge is -2.27. The summed E-state index contributed by atoms with van der Waals surface area (Å²) in [7, 11) is 0. The number of aliphatic carboxylic acids is 1. The van der Waals surface area contributed by atoms with Gasteiger partial charge in [0.25, 0.3) is 0 Å². The molecule has 2 rings (SSSR count). The van der Waals surface area contributed by atoms with E-state index in [0.29, 0.717) is 11.4 Å². The van der Waals surface area contributed by atoms with Gasteiger partial charge in [-0.05, 0) is 12.3 Å². The number of carbonyl (C=O) groups excluding carboxylic acids is 4. The number of carbonyl (C=O) groups is 5. The molecule has 37 heavy (non-hydrogen) atoms. The van der Waals surface area contributed by atoms with Crippen molar-refractivity contribution in [1.82, 2.24) is 35.9 Å². The zero-order valence-electron chi connectivity index (χ0n) is 20.6. The summed E-state index contributed by atoms with van der Waals surface area (Å²) in [4.78, 5) is 74.8. The van der Waals surface area contributed by atoms with Crippen LogP contribution in [0.25, 0.3) is 0 Å². The fraction of sp³-hybridized carbons (Fsp3) is 0.500. The number of nitrogens with one attached hydrogen (secondary N) is 5. The number of hydrogen-bond acceptors (Lipinski definition) is 8. The summed E-state index contributed by atoms with van der Waals surface area (Å²) in [5, 5.41) is 17.1. The number of nitrogens with zero attached hydrogens (tertiary/aromatic N) is 2. The van der Waals surface area contributed by atoms with E-state index in [9.17, 15) is 29.1 Å². The van der Waals surface area contributed by atoms with Gasteiger partial charge in [-0.1, -0.05) is 13.8 Å². The minimum Gasteiger partial charge on any atom is -0.480 e. The molecule has 4 amide bonds. The van der Waals surface area contributed by atoms with Gasteiger partial charge in [0.15, 0.2) is 0 Å². The number of H-pyrrole nitrogens is 2. The second kappa shape index (κ2) is 13.7. The molecule has 2 heterocycles. The molecular formula is C22H33N9O6. The van der Waals surface area contributed by atoms with Crippen molar-refractivity contribution in [2.24, 2.45) is 17.4 Å². The van der Waals surface area contributed by atoms with Gasteiger partial charge in [-0.25, -0.2) is 14.8 Å². The Labute approximate surface area is 212 Å². The summed E-state index contributed by atoms with van der Waals surface area (Å²) in [6.45, 7) is 3.36. The van der Waals surface area contributed by atoms with Crippen molar-refractivity contribution in [1.29, 1.82) is 0 Å². The van der Waals surface area contributed by atoms with Crippen LogP contribution in [-0.2, 0) is 36.8 Å². The van der Waals surface area contributed by atoms with E-state index in [4.69, 9.17) is 11.5 Å². The number of hydrogen-bond donors (Lipinski definition) is 8. The van der Waals surface area contributed by atoms with Crippen molar-refractivity contribution in [2.45, 2.75) is 63.7 Å². The van der Waals surface area contributed by atoms with E-state index >= 15 is 0 Å². The van der Waals surface area contributed by atoms with E-state index in [1.807, 2.05) is 0 Å². The van der Waals surface area contributed by atoms with E-state index in [1.54, 1.807) is 13.8 Å². The predicted molar refractivity (Wildman–Crippen MR) is 129 cm³/mol. The first-order valence-corrected chi connectivity index (χ1v) is 11.6. The summed E-state index contributed by atoms with van der Waals surface area (Å²) >= 11 is 0. The Hall–Kier alpha value is -4.27. The topological polar surface area (TPSA) is 251 Å². The molecule has 10 N–H and O–H groups in total. The third-order valence-electron chi connectivity index (χ3n) is 5.49. The fourth-order valence-electron chi connectivity index (χ4n) is 3.40. The Balaban J connectivity index is 2.13. The largest absolute Gasteiger partial charge is 0.480 e. The number of amides is 4. The number of imidazole rings is 2. The number of aromatic amines is 2. The molecule has 0 saturated heterocycles. The minimum absolute atomic E-state index is 0.00409. The molecule has 15 heteroatoms. The monoisotopic (exact) mass is 519 g/mol. The minimum atomic E-state index is -1.27. The molecule has 15 nitrogen and oxygen atoms in total. The summed E-state index contributed by atoms with van der Waals surface area (Å²) in [5.41, 5.74) is 12.0. The third-order valence-corrected chi connectivity index (χ3v) is 5.49. The highest BCUT2D eigenvalue weighted by Crippen LogP contribution is 2.08. The Morgan fingerprint density at radius 1 is 0.892 bits per heavy atom. The number of carboxylic acid groups (broad SMARTS) is 1. The van der Waals surface area contributed by atoms with Crippen LogP contribution in [0.2, 0.25) is 0 Å². The first-order valence-electron chi connectivity index (χ1n) is 11.6. The second-order valence-electron chi connectivity index (χ2n) is 8.86. The van der Waals surface area contributed by atoms with Gasteiger partial charge in [0, 0.05) is 43.0 Å². The van der Waals surface area contributed by atoms with Gasteiger partial charge in [-0.15, -0.1) is 0 Å². The molecule has 0 radical (unpaired) electrons. The summed E-state index contributed by atoms with van der Waals surface area (Å²) in [6, 6.07) is -4.62. The van der Waals surface area contributed by atoms with Gasteiger partial charge in [0.2, 0.25) is 23.6 Å². The zero-order valence-corrected chi connectivity index (χ0v) is 20.6. The van der Waals surface area contributed by atoms with Crippen LogP contribution in [0.3, 0.4) is 0 Å². The number of nitrogens with two attached hydrogens (primary N) is 2. The number of rotatable bonds is 15. The molecule has 0 saturated carbocycles. The Morgan fingerprint density at radius 2 is 1.43 bits per heavy atom. The van der Waals surface area contributed by atoms with Gasteiger partial charge >= 0.3 is 5.97 Å². The smallest absolute Gasteiger partial charge is 0.326 e. The molecule has 0 bridgehead atoms. The molecule has 0 aromatic carbocycles. The van der Waals surface area contributed by atoms with Crippen LogP contribution in [-0.4, -0.2) is 78.8 Å². The van der Waals surface area contributed by atoms with Crippen molar-refractivity contribution in [2.75, 3.05) is 0 Å². The van der Waals surface area contributed by atoms with Crippen LogP contribution in [0, 0.1) is 5.92 Å². The molecular weight excluding hydrogens is 486 g/mol. The van der Waals surface area contributed by atoms with Crippen molar-refractivity contribution < 1.29 is 29.1 Å². The van der Waals surface area contributed by atoms with Gasteiger partial charge in [-0.2, -0.15) is 0 Å². The highest BCUT2D eigenvalue weighted by atomic mass is 16.4. The van der Waals surface area contributed by atoms with Crippen LogP contribution in [0.4, 0.5) is 0 Å². The number of aromatic nitrogens is 4. The van der Waals surface area contributed by atoms with Crippen LogP contribution in [0.1, 0.15) is 38.1 Å². The van der Waals surface area contributed by atoms with Crippen LogP contribution in [0.15, 0.2) is 25.0 Å². The zero-order chi connectivity index (χ0) is 27.5. The van der Waals surface area contributed by atoms with Gasteiger partial charge < -0.3 is 42.5 Å². The maximum absolute atomic E-state index is 13.2. The highest BCUT2D eigenvalue weighted by molar-refractivity contribution is 5.94. The predicted octanol–water partition coefficient (Wildman–Crippen LogP) is -2.29. The van der Waals surface area contributed by atoms with Crippen LogP contribution >= 0.6 is 0 Å². The number of primary amides is 1. The molecule has 0 aliphatic carbocycles. The molecule has 202 valence electrons. The van der Waals surface area contributed by atoms with E-state index < -0.39 is 59.7 Å². The second-order valence-corrected chi connectivity index (χ2v) is 8.86. The average molecular weight is 520 g/mol. The SMILES string of the molecule is CC(C)C(NC(=O)C(Cc1cnc[nH]1)NC(=O)C(N)CCC(N)=O)C(=O)NC(Cc1cnc[nH]1)C(=O)O. The summed E-state index contributed by atoms with van der Waals surface area (Å²) in [5.74, 6) is -4.39. The summed E-state index contributed by atoms with van der Waals surface area (Å²) in [6.07, 6.45) is 5.56. The van der Waals surface area contributed by atoms with Crippen LogP contribution in [0.5, 0.6) is 0 Å². The van der Waals surface area contributed by atoms with E-state index in [0.717, 1.165) is 0 Å². The van der Waals surface area contributed by atoms with Crippen molar-refractivity contribution in [3.05, 3.63) is 36.4 Å². The molecule has 2 aromatic rings. The lowest BCUT2D eigenvalue weighted by molar-refractivity contribution is -0.142. The van der Waals surface area contributed by atoms with Crippen molar-refractivity contribution in [3.8, 4) is 0 Å². The third kappa shape index (κ3) is 9.36. The van der Waals surface area contributed by atoms with E-state index in [-0.39, 0.29) is 25.7 Å². The molecule has 0 aliphatic heterocycles. The Bertz CT molecular complexity index is 1050.